The van der Waals surface area contributed by atoms with E-state index in [2.05, 4.69) is 153 Å². The number of amides is 1. The Kier molecular flexibility index (Phi) is 55.2. The van der Waals surface area contributed by atoms with Gasteiger partial charge >= 0.3 is 0 Å². The molecule has 0 saturated carbocycles. The Balaban J connectivity index is 1.72. The molecule has 92 heavy (non-hydrogen) atoms. The van der Waals surface area contributed by atoms with E-state index in [1.807, 2.05) is 6.08 Å². The molecule has 2 fully saturated rings. The van der Waals surface area contributed by atoms with Gasteiger partial charge in [-0.15, -0.1) is 0 Å². The van der Waals surface area contributed by atoms with Crippen LogP contribution < -0.4 is 5.32 Å². The fraction of sp³-hybridized carbons (Fsp3) is 0.679. The Hall–Kier alpha value is -4.13. The van der Waals surface area contributed by atoms with Crippen LogP contribution in [0.1, 0.15) is 245 Å². The summed E-state index contributed by atoms with van der Waals surface area (Å²) in [6, 6.07) is -0.962. The highest BCUT2D eigenvalue weighted by Crippen LogP contribution is 2.30. The second-order valence-electron chi connectivity index (χ2n) is 24.6. The van der Waals surface area contributed by atoms with Crippen molar-refractivity contribution in [3.8, 4) is 0 Å². The van der Waals surface area contributed by atoms with Crippen molar-refractivity contribution in [3.63, 3.8) is 0 Å². The van der Waals surface area contributed by atoms with E-state index >= 15 is 0 Å². The van der Waals surface area contributed by atoms with Crippen LogP contribution in [0.15, 0.2) is 146 Å². The van der Waals surface area contributed by atoms with Crippen molar-refractivity contribution in [1.82, 2.24) is 5.32 Å². The number of allylic oxidation sites excluding steroid dienone is 23. The molecule has 0 bridgehead atoms. The maximum Gasteiger partial charge on any atom is 0.220 e. The van der Waals surface area contributed by atoms with Crippen molar-refractivity contribution < 1.29 is 64.6 Å². The number of unbranched alkanes of at least 4 members (excludes halogenated alkanes) is 22. The van der Waals surface area contributed by atoms with Crippen molar-refractivity contribution in [1.29, 1.82) is 0 Å². The topological polar surface area (TPSA) is 228 Å². The average molecular weight is 1290 g/mol. The molecule has 0 aromatic rings. The van der Waals surface area contributed by atoms with Crippen molar-refractivity contribution in [3.05, 3.63) is 146 Å². The number of rotatable bonds is 57. The van der Waals surface area contributed by atoms with E-state index in [0.717, 1.165) is 116 Å². The minimum Gasteiger partial charge on any atom is -0.394 e. The maximum atomic E-state index is 13.3. The van der Waals surface area contributed by atoms with Gasteiger partial charge in [0.15, 0.2) is 12.6 Å². The molecule has 1 amide bonds. The van der Waals surface area contributed by atoms with Crippen LogP contribution in [-0.2, 0) is 23.7 Å². The first-order valence-electron chi connectivity index (χ1n) is 36.1. The zero-order valence-electron chi connectivity index (χ0n) is 57.0. The average Bonchev–Trinajstić information content (AvgIpc) is 0.829. The number of carbonyl (C=O) groups excluding carboxylic acids is 1. The van der Waals surface area contributed by atoms with Crippen LogP contribution in [0, 0.1) is 0 Å². The second kappa shape index (κ2) is 60.5. The summed E-state index contributed by atoms with van der Waals surface area (Å²) in [6.07, 6.45) is 74.7. The van der Waals surface area contributed by atoms with E-state index in [1.165, 1.54) is 96.3 Å². The molecule has 0 aromatic heterocycles. The third-order valence-electron chi connectivity index (χ3n) is 16.5. The van der Waals surface area contributed by atoms with Gasteiger partial charge in [0.2, 0.25) is 5.91 Å². The number of hydrogen-bond donors (Lipinski definition) is 9. The fourth-order valence-corrected chi connectivity index (χ4v) is 10.8. The Morgan fingerprint density at radius 1 is 0.402 bits per heavy atom. The van der Waals surface area contributed by atoms with Gasteiger partial charge in [-0.1, -0.05) is 269 Å². The van der Waals surface area contributed by atoms with E-state index in [4.69, 9.17) is 18.9 Å². The SMILES string of the molecule is CC/C=C\C/C=C\C/C=C\C/C=C\C/C=C\C/C=C\C/C=C\C/C=C\C/C=C\CCCCCCCC(=O)NC(COC1OC(CO)C(OC2OC(CO)C(O)C(O)C2O)C(O)C1O)C(O)/C=C/CC/C=C/CC/C=C/CCCCCCCCCCCCCCCCC. The summed E-state index contributed by atoms with van der Waals surface area (Å²) in [5.74, 6) is -0.277. The van der Waals surface area contributed by atoms with E-state index < -0.39 is 86.8 Å². The van der Waals surface area contributed by atoms with Gasteiger partial charge in [0.05, 0.1) is 32.0 Å². The smallest absolute Gasteiger partial charge is 0.220 e. The lowest BCUT2D eigenvalue weighted by Gasteiger charge is -2.46. The third kappa shape index (κ3) is 43.8. The molecule has 12 unspecified atom stereocenters. The standard InChI is InChI=1S/C78H129NO13/c1-3-5-7-9-11-13-15-17-19-21-23-25-27-29-30-31-32-33-34-35-36-38-40-42-44-46-48-50-52-54-56-58-60-62-70(83)79-66(65-89-77-75(88)73(86)76(69(64-81)91-77)92-78-74(87)72(85)71(84)68(63-80)90-78)67(82)61-59-57-55-53-51-49-47-45-43-41-39-37-28-26-24-22-20-18-16-14-12-10-8-6-4-2/h5,7,11,13,17,19,23,25,29-30,32-33,35-36,40,42-43,45-46,48,51,53,59,61,66-69,71-78,80-82,84-88H,3-4,6,8-10,12,14-16,18,20-22,24,26-28,31,34,37-39,41,44,47,49-50,52,54-58,60,62-65H2,1-2H3,(H,79,83)/b7-5-,13-11-,19-17-,25-23-,30-29-,33-32-,36-35-,42-40-,45-43+,48-46-,53-51+,61-59+. The Morgan fingerprint density at radius 2 is 0.761 bits per heavy atom. The van der Waals surface area contributed by atoms with E-state index in [-0.39, 0.29) is 18.9 Å². The van der Waals surface area contributed by atoms with Gasteiger partial charge in [-0.25, -0.2) is 0 Å². The van der Waals surface area contributed by atoms with Crippen molar-refractivity contribution in [2.45, 2.75) is 319 Å². The molecule has 12 atom stereocenters. The first-order chi connectivity index (χ1) is 45.1. The summed E-state index contributed by atoms with van der Waals surface area (Å²) in [5.41, 5.74) is 0. The van der Waals surface area contributed by atoms with Crippen LogP contribution in [0.5, 0.6) is 0 Å². The van der Waals surface area contributed by atoms with Gasteiger partial charge in [0.25, 0.3) is 0 Å². The fourth-order valence-electron chi connectivity index (χ4n) is 10.8. The minimum atomic E-state index is -1.80. The third-order valence-corrected chi connectivity index (χ3v) is 16.5. The predicted molar refractivity (Wildman–Crippen MR) is 378 cm³/mol. The minimum absolute atomic E-state index is 0.237. The molecule has 524 valence electrons. The molecule has 2 saturated heterocycles. The summed E-state index contributed by atoms with van der Waals surface area (Å²) in [7, 11) is 0. The molecule has 0 radical (unpaired) electrons. The van der Waals surface area contributed by atoms with Gasteiger partial charge in [-0.3, -0.25) is 4.79 Å². The summed E-state index contributed by atoms with van der Waals surface area (Å²) in [4.78, 5) is 13.3. The first-order valence-corrected chi connectivity index (χ1v) is 36.1. The van der Waals surface area contributed by atoms with Gasteiger partial charge in [-0.2, -0.15) is 0 Å². The molecule has 0 aromatic carbocycles. The highest BCUT2D eigenvalue weighted by Gasteiger charge is 2.51. The number of nitrogens with one attached hydrogen (secondary N) is 1. The lowest BCUT2D eigenvalue weighted by Crippen LogP contribution is -2.65. The normalized spacial score (nSPS) is 23.6. The quantitative estimate of drug-likeness (QED) is 0.0204. The highest BCUT2D eigenvalue weighted by molar-refractivity contribution is 5.76. The first kappa shape index (κ1) is 84.0. The van der Waals surface area contributed by atoms with E-state index in [9.17, 15) is 45.6 Å². The maximum absolute atomic E-state index is 13.3. The highest BCUT2D eigenvalue weighted by atomic mass is 16.7. The van der Waals surface area contributed by atoms with Crippen molar-refractivity contribution >= 4 is 5.91 Å². The summed E-state index contributed by atoms with van der Waals surface area (Å²) < 4.78 is 22.8. The number of aliphatic hydroxyl groups excluding tert-OH is 8. The number of aliphatic hydroxyl groups is 8. The molecule has 14 nitrogen and oxygen atoms in total. The Labute approximate surface area is 557 Å². The van der Waals surface area contributed by atoms with E-state index in [0.29, 0.717) is 12.8 Å². The second-order valence-corrected chi connectivity index (χ2v) is 24.6. The van der Waals surface area contributed by atoms with Crippen LogP contribution in [0.25, 0.3) is 0 Å². The predicted octanol–water partition coefficient (Wildman–Crippen LogP) is 15.2. The molecule has 2 aliphatic heterocycles. The molecule has 9 N–H and O–H groups in total. The number of carbonyl (C=O) groups is 1. The van der Waals surface area contributed by atoms with Gasteiger partial charge < -0.3 is 65.1 Å². The van der Waals surface area contributed by atoms with Gasteiger partial charge in [-0.05, 0) is 116 Å². The molecule has 0 spiro atoms. The van der Waals surface area contributed by atoms with Crippen LogP contribution in [-0.4, -0.2) is 140 Å². The Morgan fingerprint density at radius 3 is 1.20 bits per heavy atom. The lowest BCUT2D eigenvalue weighted by molar-refractivity contribution is -0.359. The molecule has 2 heterocycles. The van der Waals surface area contributed by atoms with Crippen molar-refractivity contribution in [2.24, 2.45) is 0 Å². The number of hydrogen-bond acceptors (Lipinski definition) is 13. The largest absolute Gasteiger partial charge is 0.394 e. The summed E-state index contributed by atoms with van der Waals surface area (Å²) >= 11 is 0. The summed E-state index contributed by atoms with van der Waals surface area (Å²) in [5, 5.41) is 87.4. The summed E-state index contributed by atoms with van der Waals surface area (Å²) in [6.45, 7) is 2.65. The van der Waals surface area contributed by atoms with Crippen LogP contribution >= 0.6 is 0 Å². The zero-order chi connectivity index (χ0) is 66.6. The zero-order valence-corrected chi connectivity index (χ0v) is 57.0. The van der Waals surface area contributed by atoms with Crippen LogP contribution in [0.3, 0.4) is 0 Å². The van der Waals surface area contributed by atoms with Crippen LogP contribution in [0.4, 0.5) is 0 Å². The molecular formula is C78H129NO13. The monoisotopic (exact) mass is 1290 g/mol. The van der Waals surface area contributed by atoms with Gasteiger partial charge in [0, 0.05) is 6.42 Å². The number of ether oxygens (including phenoxy) is 4. The van der Waals surface area contributed by atoms with Crippen molar-refractivity contribution in [2.75, 3.05) is 19.8 Å². The Bertz CT molecular complexity index is 2110. The molecule has 2 aliphatic rings. The van der Waals surface area contributed by atoms with E-state index in [1.54, 1.807) is 6.08 Å². The molecule has 14 heteroatoms. The van der Waals surface area contributed by atoms with Crippen LogP contribution in [0.2, 0.25) is 0 Å². The van der Waals surface area contributed by atoms with Gasteiger partial charge in [0.1, 0.15) is 48.8 Å². The molecular weight excluding hydrogens is 1160 g/mol. The molecule has 2 rings (SSSR count). The molecule has 0 aliphatic carbocycles. The lowest BCUT2D eigenvalue weighted by atomic mass is 9.97.